The minimum atomic E-state index is -4.90. The lowest BCUT2D eigenvalue weighted by Crippen LogP contribution is -2.69. The van der Waals surface area contributed by atoms with E-state index in [-0.39, 0.29) is 24.4 Å². The van der Waals surface area contributed by atoms with E-state index in [1.807, 2.05) is 0 Å². The summed E-state index contributed by atoms with van der Waals surface area (Å²) < 4.78 is 38.8. The van der Waals surface area contributed by atoms with Gasteiger partial charge in [0.1, 0.15) is 11.1 Å². The summed E-state index contributed by atoms with van der Waals surface area (Å²) in [7, 11) is 0. The van der Waals surface area contributed by atoms with Gasteiger partial charge in [-0.25, -0.2) is 0 Å². The van der Waals surface area contributed by atoms with Crippen LogP contribution in [-0.4, -0.2) is 22.3 Å². The Morgan fingerprint density at radius 1 is 1.30 bits per heavy atom. The lowest BCUT2D eigenvalue weighted by atomic mass is 9.64. The van der Waals surface area contributed by atoms with E-state index < -0.39 is 39.7 Å². The number of piperidine rings is 2. The van der Waals surface area contributed by atoms with Gasteiger partial charge in [-0.2, -0.15) is 13.2 Å². The van der Waals surface area contributed by atoms with E-state index in [4.69, 9.17) is 0 Å². The number of nitrogens with zero attached hydrogens (tertiary/aromatic N) is 1. The Labute approximate surface area is 127 Å². The molecule has 2 N–H and O–H groups in total. The Hall–Kier alpha value is -2.65. The number of amides is 2. The van der Waals surface area contributed by atoms with Crippen LogP contribution in [0.15, 0.2) is 18.2 Å². The molecule has 0 atom stereocenters. The van der Waals surface area contributed by atoms with Gasteiger partial charge in [-0.05, 0) is 25.0 Å². The summed E-state index contributed by atoms with van der Waals surface area (Å²) in [6.45, 7) is 0. The highest BCUT2D eigenvalue weighted by molar-refractivity contribution is 6.08. The van der Waals surface area contributed by atoms with Crippen molar-refractivity contribution >= 4 is 23.2 Å². The number of carbonyl (C=O) groups is 2. The van der Waals surface area contributed by atoms with Crippen LogP contribution < -0.4 is 10.6 Å². The summed E-state index contributed by atoms with van der Waals surface area (Å²) >= 11 is 0. The molecule has 1 aromatic carbocycles. The smallest absolute Gasteiger partial charge is 0.371 e. The maximum atomic E-state index is 12.9. The fourth-order valence-corrected chi connectivity index (χ4v) is 2.92. The van der Waals surface area contributed by atoms with E-state index in [9.17, 15) is 32.9 Å². The zero-order valence-electron chi connectivity index (χ0n) is 11.4. The molecule has 1 aliphatic carbocycles. The molecule has 2 amide bonds. The lowest BCUT2D eigenvalue weighted by molar-refractivity contribution is -0.388. The van der Waals surface area contributed by atoms with Crippen molar-refractivity contribution in [3.05, 3.63) is 33.9 Å². The first-order valence-electron chi connectivity index (χ1n) is 6.61. The summed E-state index contributed by atoms with van der Waals surface area (Å²) in [6, 6.07) is 2.45. The van der Waals surface area contributed by atoms with Crippen LogP contribution in [0.2, 0.25) is 0 Å². The van der Waals surface area contributed by atoms with Crippen molar-refractivity contribution < 1.29 is 27.7 Å². The van der Waals surface area contributed by atoms with E-state index in [1.165, 1.54) is 0 Å². The topological polar surface area (TPSA) is 101 Å². The second-order valence-electron chi connectivity index (χ2n) is 5.62. The summed E-state index contributed by atoms with van der Waals surface area (Å²) in [6.07, 6.45) is -4.52. The lowest BCUT2D eigenvalue weighted by Gasteiger charge is -2.50. The monoisotopic (exact) mass is 329 g/mol. The molecular formula is C13H10F3N3O4. The number of benzene rings is 1. The third-order valence-electron chi connectivity index (χ3n) is 4.11. The molecule has 10 heteroatoms. The van der Waals surface area contributed by atoms with Crippen LogP contribution >= 0.6 is 0 Å². The van der Waals surface area contributed by atoms with Gasteiger partial charge in [0, 0.05) is 17.7 Å². The number of carbonyl (C=O) groups excluding carboxylic acids is 2. The van der Waals surface area contributed by atoms with Crippen LogP contribution in [0, 0.1) is 16.0 Å². The standard InChI is InChI=1S/C13H10F3N3O4/c14-13(15,16)8-3-7(1-2-9(8)19(22)23)18-12-4-6(5-12)10(20)17-11(12)21/h1-3,6,18H,4-5H2,(H,17,20,21). The van der Waals surface area contributed by atoms with Crippen LogP contribution in [0.25, 0.3) is 0 Å². The Balaban J connectivity index is 1.92. The zero-order chi connectivity index (χ0) is 17.0. The summed E-state index contributed by atoms with van der Waals surface area (Å²) in [4.78, 5) is 32.9. The second kappa shape index (κ2) is 4.67. The first-order chi connectivity index (χ1) is 10.6. The minimum absolute atomic E-state index is 0.0640. The number of imide groups is 1. The van der Waals surface area contributed by atoms with Crippen LogP contribution in [0.3, 0.4) is 0 Å². The number of nitrogens with one attached hydrogen (secondary N) is 2. The third kappa shape index (κ3) is 2.39. The predicted molar refractivity (Wildman–Crippen MR) is 70.3 cm³/mol. The highest BCUT2D eigenvalue weighted by Crippen LogP contribution is 2.45. The Bertz CT molecular complexity index is 726. The highest BCUT2D eigenvalue weighted by Gasteiger charge is 2.57. The fourth-order valence-electron chi connectivity index (χ4n) is 2.92. The molecule has 1 saturated carbocycles. The van der Waals surface area contributed by atoms with E-state index in [2.05, 4.69) is 10.6 Å². The third-order valence-corrected chi connectivity index (χ3v) is 4.11. The normalized spacial score (nSPS) is 26.3. The maximum absolute atomic E-state index is 12.9. The van der Waals surface area contributed by atoms with E-state index >= 15 is 0 Å². The maximum Gasteiger partial charge on any atom is 0.423 e. The molecule has 4 rings (SSSR count). The number of hydrogen-bond donors (Lipinski definition) is 2. The minimum Gasteiger partial charge on any atom is -0.371 e. The van der Waals surface area contributed by atoms with E-state index in [0.717, 1.165) is 12.1 Å². The van der Waals surface area contributed by atoms with Crippen molar-refractivity contribution in [3.63, 3.8) is 0 Å². The molecule has 23 heavy (non-hydrogen) atoms. The van der Waals surface area contributed by atoms with Crippen LogP contribution in [0.4, 0.5) is 24.5 Å². The number of rotatable bonds is 3. The molecule has 0 aromatic heterocycles. The number of anilines is 1. The predicted octanol–water partition coefficient (Wildman–Crippen LogP) is 1.83. The van der Waals surface area contributed by atoms with Crippen molar-refractivity contribution in [1.82, 2.24) is 5.32 Å². The van der Waals surface area contributed by atoms with E-state index in [0.29, 0.717) is 6.07 Å². The zero-order valence-corrected chi connectivity index (χ0v) is 11.4. The first-order valence-corrected chi connectivity index (χ1v) is 6.61. The van der Waals surface area contributed by atoms with Crippen LogP contribution in [0.5, 0.6) is 0 Å². The average molecular weight is 329 g/mol. The van der Waals surface area contributed by atoms with Gasteiger partial charge >= 0.3 is 6.18 Å². The molecule has 3 fully saturated rings. The number of hydrogen-bond acceptors (Lipinski definition) is 5. The van der Waals surface area contributed by atoms with E-state index in [1.54, 1.807) is 0 Å². The molecule has 7 nitrogen and oxygen atoms in total. The fraction of sp³-hybridized carbons (Fsp3) is 0.385. The molecule has 0 radical (unpaired) electrons. The van der Waals surface area contributed by atoms with Crippen molar-refractivity contribution in [1.29, 1.82) is 0 Å². The van der Waals surface area contributed by atoms with Gasteiger partial charge in [0.2, 0.25) is 5.91 Å². The summed E-state index contributed by atoms with van der Waals surface area (Å²) in [5, 5.41) is 15.5. The molecule has 2 bridgehead atoms. The van der Waals surface area contributed by atoms with Gasteiger partial charge in [-0.1, -0.05) is 0 Å². The van der Waals surface area contributed by atoms with Crippen molar-refractivity contribution in [3.8, 4) is 0 Å². The number of nitro groups is 1. The van der Waals surface area contributed by atoms with Crippen molar-refractivity contribution in [2.75, 3.05) is 5.32 Å². The molecule has 2 heterocycles. The second-order valence-corrected chi connectivity index (χ2v) is 5.62. The molecular weight excluding hydrogens is 319 g/mol. The molecule has 2 saturated heterocycles. The molecule has 0 spiro atoms. The Morgan fingerprint density at radius 3 is 2.48 bits per heavy atom. The summed E-state index contributed by atoms with van der Waals surface area (Å²) in [5.74, 6) is -1.34. The van der Waals surface area contributed by atoms with Gasteiger partial charge in [0.05, 0.1) is 4.92 Å². The van der Waals surface area contributed by atoms with Crippen LogP contribution in [-0.2, 0) is 15.8 Å². The van der Waals surface area contributed by atoms with Crippen molar-refractivity contribution in [2.24, 2.45) is 5.92 Å². The Morgan fingerprint density at radius 2 is 1.96 bits per heavy atom. The molecule has 1 aromatic rings. The number of halogens is 3. The molecule has 122 valence electrons. The average Bonchev–Trinajstić information content (AvgIpc) is 2.39. The van der Waals surface area contributed by atoms with Gasteiger partial charge in [0.15, 0.2) is 0 Å². The van der Waals surface area contributed by atoms with Gasteiger partial charge < -0.3 is 5.32 Å². The SMILES string of the molecule is O=C1NC(=O)C2(Nc3ccc([N+](=O)[O-])c(C(F)(F)F)c3)CC1C2. The Kier molecular flexibility index (Phi) is 3.10. The van der Waals surface area contributed by atoms with Gasteiger partial charge in [-0.3, -0.25) is 25.0 Å². The number of fused-ring (bicyclic) bond motifs is 2. The van der Waals surface area contributed by atoms with Crippen molar-refractivity contribution in [2.45, 2.75) is 24.6 Å². The molecule has 3 aliphatic rings. The largest absolute Gasteiger partial charge is 0.423 e. The first kappa shape index (κ1) is 15.3. The quantitative estimate of drug-likeness (QED) is 0.500. The molecule has 2 aliphatic heterocycles. The number of nitro benzene ring substituents is 1. The summed E-state index contributed by atoms with van der Waals surface area (Å²) in [5.41, 5.74) is -3.66. The van der Waals surface area contributed by atoms with Crippen LogP contribution in [0.1, 0.15) is 18.4 Å². The highest BCUT2D eigenvalue weighted by atomic mass is 19.4. The van der Waals surface area contributed by atoms with Gasteiger partial charge in [0.25, 0.3) is 11.6 Å². The van der Waals surface area contributed by atoms with Gasteiger partial charge in [-0.15, -0.1) is 0 Å². The molecule has 0 unspecified atom stereocenters. The number of alkyl halides is 3.